The molecule has 0 spiro atoms. The van der Waals surface area contributed by atoms with Crippen LogP contribution in [0.25, 0.3) is 22.3 Å². The van der Waals surface area contributed by atoms with Crippen molar-refractivity contribution in [3.8, 4) is 17.1 Å². The highest BCUT2D eigenvalue weighted by Gasteiger charge is 2.51. The third kappa shape index (κ3) is 6.24. The summed E-state index contributed by atoms with van der Waals surface area (Å²) in [4.78, 5) is 57.8. The van der Waals surface area contributed by atoms with Gasteiger partial charge in [-0.1, -0.05) is 39.3 Å². The number of hydrogen-bond acceptors (Lipinski definition) is 10. The molecule has 2 unspecified atom stereocenters. The van der Waals surface area contributed by atoms with E-state index < -0.39 is 17.7 Å². The summed E-state index contributed by atoms with van der Waals surface area (Å²) in [6.07, 6.45) is 2.04. The van der Waals surface area contributed by atoms with Gasteiger partial charge in [-0.2, -0.15) is 0 Å². The van der Waals surface area contributed by atoms with Gasteiger partial charge in [0.2, 0.25) is 11.5 Å². The van der Waals surface area contributed by atoms with Crippen molar-refractivity contribution < 1.29 is 33.7 Å². The average Bonchev–Trinajstić information content (AvgIpc) is 3.46. The first-order valence-corrected chi connectivity index (χ1v) is 16.6. The normalized spacial score (nSPS) is 16.7. The van der Waals surface area contributed by atoms with Gasteiger partial charge in [0.1, 0.15) is 19.0 Å². The van der Waals surface area contributed by atoms with Crippen LogP contribution in [-0.2, 0) is 55.6 Å². The largest absolute Gasteiger partial charge is 0.510 e. The Morgan fingerprint density at radius 3 is 2.59 bits per heavy atom. The van der Waals surface area contributed by atoms with Crippen LogP contribution >= 0.6 is 0 Å². The third-order valence-electron chi connectivity index (χ3n) is 9.49. The van der Waals surface area contributed by atoms with E-state index in [2.05, 4.69) is 5.32 Å². The maximum Gasteiger partial charge on any atom is 0.510 e. The number of phenols is 1. The number of nitrogens with one attached hydrogen (secondary N) is 1. The Balaban J connectivity index is 1.22. The molecule has 2 atom stereocenters. The van der Waals surface area contributed by atoms with Crippen LogP contribution in [0, 0.1) is 5.92 Å². The first-order valence-electron chi connectivity index (χ1n) is 16.6. The molecular formula is C37H40N4O8. The number of ether oxygens (including phenoxy) is 3. The second kappa shape index (κ2) is 13.7. The van der Waals surface area contributed by atoms with Crippen LogP contribution in [0.5, 0.6) is 5.75 Å². The molecule has 2 aliphatic rings. The molecule has 4 aromatic rings. The molecule has 0 bridgehead atoms. The number of unbranched alkanes of at least 4 members (excludes halogenated alkanes) is 1. The number of benzene rings is 2. The van der Waals surface area contributed by atoms with Gasteiger partial charge in [-0.05, 0) is 79.8 Å². The van der Waals surface area contributed by atoms with E-state index in [-0.39, 0.29) is 60.4 Å². The molecule has 2 aliphatic heterocycles. The molecule has 0 radical (unpaired) electrons. The van der Waals surface area contributed by atoms with Gasteiger partial charge in [-0.15, -0.1) is 0 Å². The molecule has 12 heteroatoms. The second-order valence-corrected chi connectivity index (χ2v) is 12.6. The molecule has 1 amide bonds. The number of aromatic nitrogens is 2. The van der Waals surface area contributed by atoms with Crippen LogP contribution in [0.15, 0.2) is 53.3 Å². The number of cyclic esters (lactones) is 1. The standard InChI is InChI=1S/C37H40N4O8/c1-4-25-26-16-24(42)13-14-30(26)40-32-27(25)18-41-31(32)17-29-28(34(41)44)20-47-35(45)37(29,5-2)49-36(46)48-19-22-9-11-23(12-10-22)39-33(43)21(3)8-6-7-15-38/h9-14,16-17,21,42H,4-8,15,18-20,38H2,1-3H3,(H,39,43). The van der Waals surface area contributed by atoms with Crippen LogP contribution in [0.3, 0.4) is 0 Å². The van der Waals surface area contributed by atoms with Crippen molar-refractivity contribution >= 4 is 34.6 Å². The van der Waals surface area contributed by atoms with Gasteiger partial charge in [-0.3, -0.25) is 9.59 Å². The Bertz CT molecular complexity index is 2000. The first-order chi connectivity index (χ1) is 23.6. The number of hydrogen-bond donors (Lipinski definition) is 3. The number of nitrogens with zero attached hydrogens (tertiary/aromatic N) is 2. The van der Waals surface area contributed by atoms with E-state index in [0.717, 1.165) is 35.8 Å². The smallest absolute Gasteiger partial charge is 0.508 e. The van der Waals surface area contributed by atoms with Crippen molar-refractivity contribution in [2.45, 2.75) is 78.2 Å². The molecule has 4 heterocycles. The van der Waals surface area contributed by atoms with E-state index in [1.807, 2.05) is 13.8 Å². The Kier molecular flexibility index (Phi) is 9.42. The van der Waals surface area contributed by atoms with Gasteiger partial charge < -0.3 is 34.9 Å². The predicted molar refractivity (Wildman–Crippen MR) is 182 cm³/mol. The van der Waals surface area contributed by atoms with E-state index in [0.29, 0.717) is 41.1 Å². The molecule has 12 nitrogen and oxygen atoms in total. The van der Waals surface area contributed by atoms with E-state index in [1.54, 1.807) is 60.0 Å². The molecule has 0 fully saturated rings. The molecule has 0 saturated heterocycles. The molecular weight excluding hydrogens is 628 g/mol. The summed E-state index contributed by atoms with van der Waals surface area (Å²) in [7, 11) is 0. The highest BCUT2D eigenvalue weighted by atomic mass is 16.7. The number of aromatic hydroxyl groups is 1. The summed E-state index contributed by atoms with van der Waals surface area (Å²) < 4.78 is 18.2. The number of nitrogens with two attached hydrogens (primary N) is 1. The van der Waals surface area contributed by atoms with Crippen molar-refractivity contribution in [3.63, 3.8) is 0 Å². The number of anilines is 1. The lowest BCUT2D eigenvalue weighted by Gasteiger charge is -2.35. The molecule has 0 saturated carbocycles. The van der Waals surface area contributed by atoms with Gasteiger partial charge in [-0.25, -0.2) is 14.6 Å². The fourth-order valence-corrected chi connectivity index (χ4v) is 6.70. The summed E-state index contributed by atoms with van der Waals surface area (Å²) >= 11 is 0. The van der Waals surface area contributed by atoms with E-state index >= 15 is 0 Å². The number of carbonyl (C=O) groups is 3. The van der Waals surface area contributed by atoms with Crippen LogP contribution < -0.4 is 16.6 Å². The SMILES string of the molecule is CCc1c2c(nc3ccc(O)cc13)-c1cc3c(c(=O)n1C2)COC(=O)C3(CC)OC(=O)OCc1ccc(NC(=O)C(C)CCCCN)cc1. The lowest BCUT2D eigenvalue weighted by molar-refractivity contribution is -0.175. The molecule has 6 rings (SSSR count). The van der Waals surface area contributed by atoms with Crippen molar-refractivity contribution in [1.82, 2.24) is 9.55 Å². The zero-order valence-electron chi connectivity index (χ0n) is 27.8. The molecule has 0 aliphatic carbocycles. The number of phenolic OH excluding ortho intramolecular Hbond substituents is 1. The summed E-state index contributed by atoms with van der Waals surface area (Å²) in [6.45, 7) is 6.00. The summed E-state index contributed by atoms with van der Waals surface area (Å²) in [5, 5.41) is 13.8. The van der Waals surface area contributed by atoms with Crippen LogP contribution in [0.2, 0.25) is 0 Å². The predicted octanol–water partition coefficient (Wildman–Crippen LogP) is 5.41. The Hall–Kier alpha value is -5.23. The number of carbonyl (C=O) groups excluding carboxylic acids is 3. The van der Waals surface area contributed by atoms with Crippen molar-refractivity contribution in [2.75, 3.05) is 11.9 Å². The lowest BCUT2D eigenvalue weighted by Crippen LogP contribution is -2.47. The zero-order valence-corrected chi connectivity index (χ0v) is 27.8. The van der Waals surface area contributed by atoms with Crippen molar-refractivity contribution in [2.24, 2.45) is 11.7 Å². The Labute approximate surface area is 283 Å². The van der Waals surface area contributed by atoms with E-state index in [4.69, 9.17) is 24.9 Å². The monoisotopic (exact) mass is 668 g/mol. The average molecular weight is 669 g/mol. The highest BCUT2D eigenvalue weighted by molar-refractivity contribution is 5.92. The number of esters is 1. The maximum absolute atomic E-state index is 13.9. The Morgan fingerprint density at radius 1 is 1.10 bits per heavy atom. The van der Waals surface area contributed by atoms with Crippen molar-refractivity contribution in [3.05, 3.63) is 86.7 Å². The van der Waals surface area contributed by atoms with Gasteiger partial charge in [0, 0.05) is 28.1 Å². The van der Waals surface area contributed by atoms with Gasteiger partial charge in [0.25, 0.3) is 5.56 Å². The summed E-state index contributed by atoms with van der Waals surface area (Å²) in [5.74, 6) is -0.909. The van der Waals surface area contributed by atoms with E-state index in [9.17, 15) is 24.3 Å². The minimum absolute atomic E-state index is 0.00659. The molecule has 2 aromatic carbocycles. The van der Waals surface area contributed by atoms with Gasteiger partial charge in [0.05, 0.1) is 29.0 Å². The fourth-order valence-electron chi connectivity index (χ4n) is 6.70. The Morgan fingerprint density at radius 2 is 1.88 bits per heavy atom. The molecule has 2 aromatic heterocycles. The topological polar surface area (TPSA) is 172 Å². The van der Waals surface area contributed by atoms with Crippen LogP contribution in [0.1, 0.15) is 74.3 Å². The lowest BCUT2D eigenvalue weighted by atomic mass is 9.85. The fraction of sp³-hybridized carbons (Fsp3) is 0.378. The first kappa shape index (κ1) is 33.7. The summed E-state index contributed by atoms with van der Waals surface area (Å²) in [6, 6.07) is 13.5. The number of fused-ring (bicyclic) bond motifs is 5. The quantitative estimate of drug-likeness (QED) is 0.122. The molecule has 256 valence electrons. The number of amides is 1. The summed E-state index contributed by atoms with van der Waals surface area (Å²) in [5.41, 5.74) is 8.57. The minimum atomic E-state index is -1.91. The van der Waals surface area contributed by atoms with Crippen molar-refractivity contribution in [1.29, 1.82) is 0 Å². The molecule has 4 N–H and O–H groups in total. The van der Waals surface area contributed by atoms with Crippen LogP contribution in [0.4, 0.5) is 10.5 Å². The maximum atomic E-state index is 13.9. The van der Waals surface area contributed by atoms with E-state index in [1.165, 1.54) is 0 Å². The molecule has 49 heavy (non-hydrogen) atoms. The minimum Gasteiger partial charge on any atom is -0.508 e. The van der Waals surface area contributed by atoms with Gasteiger partial charge in [0.15, 0.2) is 0 Å². The number of rotatable bonds is 11. The zero-order chi connectivity index (χ0) is 34.9. The van der Waals surface area contributed by atoms with Gasteiger partial charge >= 0.3 is 12.1 Å². The number of aryl methyl sites for hydroxylation is 1. The highest BCUT2D eigenvalue weighted by Crippen LogP contribution is 2.42. The van der Waals surface area contributed by atoms with Crippen LogP contribution in [-0.4, -0.2) is 39.2 Å². The third-order valence-corrected chi connectivity index (χ3v) is 9.49. The number of pyridine rings is 2. The second-order valence-electron chi connectivity index (χ2n) is 12.6.